The minimum Gasteiger partial charge on any atom is -0.368 e. The molecule has 11 heteroatoms. The number of rotatable bonds is 7. The van der Waals surface area contributed by atoms with Crippen molar-refractivity contribution in [1.29, 1.82) is 0 Å². The largest absolute Gasteiger partial charge is 0.368 e. The van der Waals surface area contributed by atoms with Gasteiger partial charge in [-0.25, -0.2) is 15.0 Å². The quantitative estimate of drug-likeness (QED) is 0.286. The molecule has 244 valence electrons. The van der Waals surface area contributed by atoms with Gasteiger partial charge in [0.2, 0.25) is 5.91 Å². The van der Waals surface area contributed by atoms with Crippen molar-refractivity contribution in [3.63, 3.8) is 0 Å². The second kappa shape index (κ2) is 13.1. The lowest BCUT2D eigenvalue weighted by Gasteiger charge is -2.29. The molecule has 7 rings (SSSR count). The molecule has 1 saturated carbocycles. The third-order valence-corrected chi connectivity index (χ3v) is 9.65. The SMILES string of the molecule is CO[C@@]1(C(=O)Nc2ccc3c(c2)C(=C2C=CN(O)C(C)=C2)N=N3)CCC(CC(=O)N2CC=C(c3ccc(-c4ncccn4)cc3)CC2)C1. The average Bonchev–Trinajstić information content (AvgIpc) is 3.75. The molecule has 2 amide bonds. The summed E-state index contributed by atoms with van der Waals surface area (Å²) in [7, 11) is 1.57. The zero-order chi connectivity index (χ0) is 33.3. The van der Waals surface area contributed by atoms with Gasteiger partial charge in [0.25, 0.3) is 5.91 Å². The summed E-state index contributed by atoms with van der Waals surface area (Å²) in [4.78, 5) is 37.6. The molecule has 3 aromatic rings. The van der Waals surface area contributed by atoms with Gasteiger partial charge < -0.3 is 15.0 Å². The zero-order valence-electron chi connectivity index (χ0n) is 27.0. The molecule has 2 aromatic carbocycles. The number of ether oxygens (including phenoxy) is 1. The van der Waals surface area contributed by atoms with E-state index in [0.717, 1.165) is 40.2 Å². The fraction of sp³-hybridized carbons (Fsp3) is 0.297. The topological polar surface area (TPSA) is 133 Å². The molecule has 4 heterocycles. The predicted octanol–water partition coefficient (Wildman–Crippen LogP) is 6.90. The van der Waals surface area contributed by atoms with Gasteiger partial charge in [-0.2, -0.15) is 0 Å². The fourth-order valence-corrected chi connectivity index (χ4v) is 6.84. The van der Waals surface area contributed by atoms with Crippen molar-refractivity contribution >= 4 is 34.5 Å². The molecule has 0 bridgehead atoms. The molecule has 1 fully saturated rings. The first-order chi connectivity index (χ1) is 23.3. The second-order valence-electron chi connectivity index (χ2n) is 12.6. The van der Waals surface area contributed by atoms with Crippen LogP contribution in [-0.4, -0.2) is 62.8 Å². The molecule has 2 N–H and O–H groups in total. The predicted molar refractivity (Wildman–Crippen MR) is 181 cm³/mol. The molecule has 0 spiro atoms. The van der Waals surface area contributed by atoms with E-state index in [1.165, 1.54) is 5.57 Å². The summed E-state index contributed by atoms with van der Waals surface area (Å²) in [5.74, 6) is 0.635. The smallest absolute Gasteiger partial charge is 0.256 e. The van der Waals surface area contributed by atoms with E-state index in [9.17, 15) is 14.8 Å². The van der Waals surface area contributed by atoms with E-state index < -0.39 is 5.60 Å². The van der Waals surface area contributed by atoms with Crippen LogP contribution in [0.1, 0.15) is 50.2 Å². The number of hydrogen-bond donors (Lipinski definition) is 2. The number of nitrogens with zero attached hydrogens (tertiary/aromatic N) is 6. The highest BCUT2D eigenvalue weighted by molar-refractivity contribution is 5.98. The molecule has 1 aliphatic carbocycles. The van der Waals surface area contributed by atoms with E-state index in [1.54, 1.807) is 50.8 Å². The summed E-state index contributed by atoms with van der Waals surface area (Å²) in [5.41, 5.74) is 6.58. The van der Waals surface area contributed by atoms with Gasteiger partial charge >= 0.3 is 0 Å². The minimum atomic E-state index is -1.01. The third-order valence-electron chi connectivity index (χ3n) is 9.65. The summed E-state index contributed by atoms with van der Waals surface area (Å²) < 4.78 is 5.87. The number of aromatic nitrogens is 2. The van der Waals surface area contributed by atoms with Crippen molar-refractivity contribution in [2.75, 3.05) is 25.5 Å². The Bertz CT molecular complexity index is 1900. The maximum Gasteiger partial charge on any atom is 0.256 e. The van der Waals surface area contributed by atoms with Crippen molar-refractivity contribution in [2.45, 2.75) is 44.6 Å². The van der Waals surface area contributed by atoms with Crippen molar-refractivity contribution in [1.82, 2.24) is 19.9 Å². The number of hydrogen-bond acceptors (Lipinski definition) is 9. The van der Waals surface area contributed by atoms with Crippen LogP contribution in [-0.2, 0) is 14.3 Å². The minimum absolute atomic E-state index is 0.0505. The molecule has 48 heavy (non-hydrogen) atoms. The van der Waals surface area contributed by atoms with Crippen LogP contribution in [0.3, 0.4) is 0 Å². The molecular weight excluding hydrogens is 606 g/mol. The van der Waals surface area contributed by atoms with Gasteiger partial charge in [-0.05, 0) is 86.1 Å². The van der Waals surface area contributed by atoms with Crippen LogP contribution in [0.4, 0.5) is 11.4 Å². The lowest BCUT2D eigenvalue weighted by atomic mass is 9.95. The number of fused-ring (bicyclic) bond motifs is 1. The van der Waals surface area contributed by atoms with Crippen molar-refractivity contribution in [3.8, 4) is 11.4 Å². The van der Waals surface area contributed by atoms with E-state index in [0.29, 0.717) is 60.9 Å². The molecule has 0 radical (unpaired) electrons. The fourth-order valence-electron chi connectivity index (χ4n) is 6.84. The standard InChI is InChI=1S/C37H37N7O4/c1-24-20-29(13-19-44(24)47)34-31-22-30(8-9-32(31)41-42-34)40-36(46)37(48-2)14-10-25(23-37)21-33(45)43-17-11-27(12-18-43)26-4-6-28(7-5-26)35-38-15-3-16-39-35/h3-9,11,13,15-16,19-20,22,25,47H,10,12,14,17-18,21,23H2,1-2H3,(H,40,46)/t25?,37-/m0/s1. The van der Waals surface area contributed by atoms with E-state index in [-0.39, 0.29) is 17.7 Å². The molecule has 0 saturated heterocycles. The van der Waals surface area contributed by atoms with Crippen molar-refractivity contribution < 1.29 is 19.5 Å². The molecule has 1 unspecified atom stereocenters. The second-order valence-corrected chi connectivity index (χ2v) is 12.6. The number of carbonyl (C=O) groups is 2. The van der Waals surface area contributed by atoms with Gasteiger partial charge in [-0.15, -0.1) is 10.2 Å². The van der Waals surface area contributed by atoms with Crippen LogP contribution in [0.5, 0.6) is 0 Å². The van der Waals surface area contributed by atoms with Gasteiger partial charge in [-0.1, -0.05) is 30.3 Å². The van der Waals surface area contributed by atoms with Gasteiger partial charge in [-0.3, -0.25) is 14.8 Å². The Morgan fingerprint density at radius 3 is 2.60 bits per heavy atom. The number of carbonyl (C=O) groups excluding carboxylic acids is 2. The zero-order valence-corrected chi connectivity index (χ0v) is 27.0. The monoisotopic (exact) mass is 643 g/mol. The number of hydroxylamine groups is 2. The van der Waals surface area contributed by atoms with Gasteiger partial charge in [0.15, 0.2) is 5.82 Å². The third kappa shape index (κ3) is 6.22. The first kappa shape index (κ1) is 31.3. The Balaban J connectivity index is 0.957. The summed E-state index contributed by atoms with van der Waals surface area (Å²) >= 11 is 0. The lowest BCUT2D eigenvalue weighted by molar-refractivity contribution is -0.138. The molecule has 3 aliphatic heterocycles. The van der Waals surface area contributed by atoms with E-state index >= 15 is 0 Å². The Labute approximate surface area is 279 Å². The molecule has 11 nitrogen and oxygen atoms in total. The van der Waals surface area contributed by atoms with Gasteiger partial charge in [0, 0.05) is 73.3 Å². The van der Waals surface area contributed by atoms with E-state index in [2.05, 4.69) is 43.7 Å². The molecular formula is C37H37N7O4. The summed E-state index contributed by atoms with van der Waals surface area (Å²) in [6.07, 6.45) is 13.7. The number of methoxy groups -OCH3 is 1. The number of benzene rings is 2. The summed E-state index contributed by atoms with van der Waals surface area (Å²) in [6, 6.07) is 15.5. The van der Waals surface area contributed by atoms with E-state index in [1.807, 2.05) is 35.2 Å². The van der Waals surface area contributed by atoms with E-state index in [4.69, 9.17) is 4.74 Å². The molecule has 4 aliphatic rings. The van der Waals surface area contributed by atoms with Crippen molar-refractivity contribution in [3.05, 3.63) is 108 Å². The van der Waals surface area contributed by atoms with Crippen molar-refractivity contribution in [2.24, 2.45) is 16.1 Å². The Morgan fingerprint density at radius 2 is 1.88 bits per heavy atom. The lowest BCUT2D eigenvalue weighted by Crippen LogP contribution is -2.43. The first-order valence-electron chi connectivity index (χ1n) is 16.2. The molecule has 1 aromatic heterocycles. The number of nitrogens with one attached hydrogen (secondary N) is 1. The van der Waals surface area contributed by atoms with Crippen LogP contribution in [0.15, 0.2) is 107 Å². The number of azo groups is 1. The highest BCUT2D eigenvalue weighted by Crippen LogP contribution is 2.42. The van der Waals surface area contributed by atoms with Crippen LogP contribution < -0.4 is 5.32 Å². The van der Waals surface area contributed by atoms with Crippen LogP contribution in [0.2, 0.25) is 0 Å². The maximum absolute atomic E-state index is 13.7. The highest BCUT2D eigenvalue weighted by atomic mass is 16.5. The van der Waals surface area contributed by atoms with Crippen LogP contribution in [0.25, 0.3) is 22.7 Å². The average molecular weight is 644 g/mol. The molecule has 2 atom stereocenters. The number of amides is 2. The number of anilines is 1. The summed E-state index contributed by atoms with van der Waals surface area (Å²) in [6.45, 7) is 3.03. The van der Waals surface area contributed by atoms with Gasteiger partial charge in [0.05, 0.1) is 5.69 Å². The Morgan fingerprint density at radius 1 is 1.08 bits per heavy atom. The summed E-state index contributed by atoms with van der Waals surface area (Å²) in [5, 5.41) is 22.6. The van der Waals surface area contributed by atoms with Crippen LogP contribution >= 0.6 is 0 Å². The Hall–Kier alpha value is -5.26. The number of allylic oxidation sites excluding steroid dienone is 4. The normalized spacial score (nSPS) is 23.2. The highest BCUT2D eigenvalue weighted by Gasteiger charge is 2.46. The van der Waals surface area contributed by atoms with Gasteiger partial charge in [0.1, 0.15) is 11.3 Å². The van der Waals surface area contributed by atoms with Crippen LogP contribution in [0, 0.1) is 5.92 Å². The first-order valence-corrected chi connectivity index (χ1v) is 16.2. The maximum atomic E-state index is 13.7. The Kier molecular flexibility index (Phi) is 8.55.